The number of hydrogen-bond acceptors (Lipinski definition) is 3. The van der Waals surface area contributed by atoms with Crippen molar-refractivity contribution in [2.45, 2.75) is 12.7 Å². The maximum absolute atomic E-state index is 11.8. The van der Waals surface area contributed by atoms with E-state index in [9.17, 15) is 13.2 Å². The zero-order valence-electron chi connectivity index (χ0n) is 7.52. The lowest BCUT2D eigenvalue weighted by atomic mass is 10.4. The Bertz CT molecular complexity index is 284. The number of halogens is 3. The van der Waals surface area contributed by atoms with Gasteiger partial charge in [0, 0.05) is 6.54 Å². The first-order valence-electron chi connectivity index (χ1n) is 3.91. The van der Waals surface area contributed by atoms with Crippen LogP contribution >= 0.6 is 11.3 Å². The number of thiophene rings is 1. The van der Waals surface area contributed by atoms with Crippen molar-refractivity contribution in [2.75, 3.05) is 13.7 Å². The third-order valence-electron chi connectivity index (χ3n) is 1.54. The SMILES string of the molecule is COc1ccsc1CNCC(F)(F)F. The molecule has 2 nitrogen and oxygen atoms in total. The molecule has 1 aromatic heterocycles. The zero-order valence-corrected chi connectivity index (χ0v) is 8.34. The molecule has 1 rings (SSSR count). The van der Waals surface area contributed by atoms with Gasteiger partial charge in [0.2, 0.25) is 0 Å². The van der Waals surface area contributed by atoms with Crippen molar-refractivity contribution in [1.82, 2.24) is 5.32 Å². The Morgan fingerprint density at radius 2 is 2.21 bits per heavy atom. The molecule has 0 saturated heterocycles. The third-order valence-corrected chi connectivity index (χ3v) is 2.44. The highest BCUT2D eigenvalue weighted by Crippen LogP contribution is 2.24. The summed E-state index contributed by atoms with van der Waals surface area (Å²) in [5.41, 5.74) is 0. The molecule has 0 spiro atoms. The van der Waals surface area contributed by atoms with Crippen LogP contribution in [0.1, 0.15) is 4.88 Å². The second-order valence-electron chi connectivity index (χ2n) is 2.63. The lowest BCUT2D eigenvalue weighted by Crippen LogP contribution is -2.28. The highest BCUT2D eigenvalue weighted by Gasteiger charge is 2.26. The van der Waals surface area contributed by atoms with Gasteiger partial charge in [0.15, 0.2) is 0 Å². The first-order chi connectivity index (χ1) is 6.53. The van der Waals surface area contributed by atoms with Crippen LogP contribution in [0.25, 0.3) is 0 Å². The molecule has 0 atom stereocenters. The Morgan fingerprint density at radius 1 is 1.50 bits per heavy atom. The smallest absolute Gasteiger partial charge is 0.401 e. The molecule has 1 heterocycles. The second kappa shape index (κ2) is 4.65. The summed E-state index contributed by atoms with van der Waals surface area (Å²) >= 11 is 1.37. The summed E-state index contributed by atoms with van der Waals surface area (Å²) in [6, 6.07) is 1.73. The van der Waals surface area contributed by atoms with Crippen molar-refractivity contribution in [2.24, 2.45) is 0 Å². The van der Waals surface area contributed by atoms with Gasteiger partial charge in [0.25, 0.3) is 0 Å². The van der Waals surface area contributed by atoms with Crippen molar-refractivity contribution in [3.63, 3.8) is 0 Å². The van der Waals surface area contributed by atoms with Crippen molar-refractivity contribution >= 4 is 11.3 Å². The van der Waals surface area contributed by atoms with E-state index < -0.39 is 12.7 Å². The molecule has 0 fully saturated rings. The molecule has 0 saturated carbocycles. The minimum absolute atomic E-state index is 0.181. The fourth-order valence-corrected chi connectivity index (χ4v) is 1.77. The van der Waals surface area contributed by atoms with Gasteiger partial charge in [-0.2, -0.15) is 13.2 Å². The molecule has 0 aromatic carbocycles. The Balaban J connectivity index is 2.38. The highest BCUT2D eigenvalue weighted by atomic mass is 32.1. The molecule has 1 N–H and O–H groups in total. The predicted octanol–water partition coefficient (Wildman–Crippen LogP) is 2.41. The van der Waals surface area contributed by atoms with Gasteiger partial charge in [-0.15, -0.1) is 11.3 Å². The fraction of sp³-hybridized carbons (Fsp3) is 0.500. The van der Waals surface area contributed by atoms with Gasteiger partial charge in [-0.05, 0) is 11.4 Å². The van der Waals surface area contributed by atoms with Crippen LogP contribution in [0.2, 0.25) is 0 Å². The molecule has 0 aliphatic rings. The predicted molar refractivity (Wildman–Crippen MR) is 48.6 cm³/mol. The van der Waals surface area contributed by atoms with Crippen LogP contribution in [0.3, 0.4) is 0 Å². The quantitative estimate of drug-likeness (QED) is 0.849. The van der Waals surface area contributed by atoms with Gasteiger partial charge in [-0.3, -0.25) is 0 Å². The Labute approximate surface area is 83.7 Å². The summed E-state index contributed by atoms with van der Waals surface area (Å²) in [4.78, 5) is 0.775. The number of ether oxygens (including phenoxy) is 1. The number of alkyl halides is 3. The third kappa shape index (κ3) is 3.55. The van der Waals surface area contributed by atoms with Gasteiger partial charge >= 0.3 is 6.18 Å². The van der Waals surface area contributed by atoms with Gasteiger partial charge in [-0.25, -0.2) is 0 Å². The molecule has 80 valence electrons. The van der Waals surface area contributed by atoms with Crippen molar-refractivity contribution < 1.29 is 17.9 Å². The summed E-state index contributed by atoms with van der Waals surface area (Å²) in [6.45, 7) is -0.797. The summed E-state index contributed by atoms with van der Waals surface area (Å²) in [7, 11) is 1.50. The van der Waals surface area contributed by atoms with E-state index in [0.29, 0.717) is 5.75 Å². The number of hydrogen-bond donors (Lipinski definition) is 1. The highest BCUT2D eigenvalue weighted by molar-refractivity contribution is 7.10. The zero-order chi connectivity index (χ0) is 10.6. The van der Waals surface area contributed by atoms with E-state index >= 15 is 0 Å². The lowest BCUT2D eigenvalue weighted by molar-refractivity contribution is -0.125. The average molecular weight is 225 g/mol. The lowest BCUT2D eigenvalue weighted by Gasteiger charge is -2.07. The maximum atomic E-state index is 11.8. The van der Waals surface area contributed by atoms with Crippen molar-refractivity contribution in [3.8, 4) is 5.75 Å². The molecule has 1 aromatic rings. The summed E-state index contributed by atoms with van der Waals surface area (Å²) in [6.07, 6.45) is -4.16. The van der Waals surface area contributed by atoms with Crippen LogP contribution in [0, 0.1) is 0 Å². The van der Waals surface area contributed by atoms with E-state index in [-0.39, 0.29) is 6.54 Å². The van der Waals surface area contributed by atoms with Gasteiger partial charge in [0.1, 0.15) is 5.75 Å². The summed E-state index contributed by atoms with van der Waals surface area (Å²) in [5, 5.41) is 4.09. The first kappa shape index (κ1) is 11.3. The Kier molecular flexibility index (Phi) is 3.77. The van der Waals surface area contributed by atoms with Crippen LogP contribution in [0.5, 0.6) is 5.75 Å². The molecular weight excluding hydrogens is 215 g/mol. The molecule has 0 aliphatic carbocycles. The molecule has 6 heteroatoms. The Hall–Kier alpha value is -0.750. The van der Waals surface area contributed by atoms with Gasteiger partial charge in [-0.1, -0.05) is 0 Å². The monoisotopic (exact) mass is 225 g/mol. The molecular formula is C8H10F3NOS. The fourth-order valence-electron chi connectivity index (χ4n) is 0.957. The van der Waals surface area contributed by atoms with Crippen molar-refractivity contribution in [3.05, 3.63) is 16.3 Å². The largest absolute Gasteiger partial charge is 0.496 e. The Morgan fingerprint density at radius 3 is 2.79 bits per heavy atom. The van der Waals surface area contributed by atoms with E-state index in [1.54, 1.807) is 11.4 Å². The maximum Gasteiger partial charge on any atom is 0.401 e. The van der Waals surface area contributed by atoms with Crippen LogP contribution in [-0.4, -0.2) is 19.8 Å². The molecule has 0 aliphatic heterocycles. The molecule has 0 radical (unpaired) electrons. The van der Waals surface area contributed by atoms with Crippen LogP contribution in [-0.2, 0) is 6.54 Å². The topological polar surface area (TPSA) is 21.3 Å². The summed E-state index contributed by atoms with van der Waals surface area (Å²) < 4.78 is 40.3. The van der Waals surface area contributed by atoms with E-state index in [0.717, 1.165) is 4.88 Å². The number of methoxy groups -OCH3 is 1. The minimum atomic E-state index is -4.16. The minimum Gasteiger partial charge on any atom is -0.496 e. The van der Waals surface area contributed by atoms with Crippen molar-refractivity contribution in [1.29, 1.82) is 0 Å². The molecule has 0 unspecified atom stereocenters. The first-order valence-corrected chi connectivity index (χ1v) is 4.79. The van der Waals surface area contributed by atoms with E-state index in [1.165, 1.54) is 18.4 Å². The van der Waals surface area contributed by atoms with E-state index in [4.69, 9.17) is 4.74 Å². The molecule has 14 heavy (non-hydrogen) atoms. The van der Waals surface area contributed by atoms with Gasteiger partial charge < -0.3 is 10.1 Å². The molecule has 0 bridgehead atoms. The molecule has 0 amide bonds. The normalized spacial score (nSPS) is 11.7. The number of nitrogens with one attached hydrogen (secondary N) is 1. The van der Waals surface area contributed by atoms with E-state index in [2.05, 4.69) is 5.32 Å². The standard InChI is InChI=1S/C8H10F3NOS/c1-13-6-2-3-14-7(6)4-12-5-8(9,10)11/h2-3,12H,4-5H2,1H3. The average Bonchev–Trinajstić information content (AvgIpc) is 2.49. The van der Waals surface area contributed by atoms with Crippen LogP contribution in [0.4, 0.5) is 13.2 Å². The number of rotatable bonds is 4. The second-order valence-corrected chi connectivity index (χ2v) is 3.63. The van der Waals surface area contributed by atoms with Gasteiger partial charge in [0.05, 0.1) is 18.5 Å². The van der Waals surface area contributed by atoms with Crippen LogP contribution in [0.15, 0.2) is 11.4 Å². The van der Waals surface area contributed by atoms with E-state index in [1.807, 2.05) is 0 Å². The summed E-state index contributed by atoms with van der Waals surface area (Å²) in [5.74, 6) is 0.629. The van der Waals surface area contributed by atoms with Crippen LogP contribution < -0.4 is 10.1 Å².